The Hall–Kier alpha value is -1.38. The van der Waals surface area contributed by atoms with Gasteiger partial charge in [0.1, 0.15) is 11.1 Å². The fourth-order valence-corrected chi connectivity index (χ4v) is 3.02. The van der Waals surface area contributed by atoms with Gasteiger partial charge in [-0.3, -0.25) is 0 Å². The third-order valence-corrected chi connectivity index (χ3v) is 3.96. The van der Waals surface area contributed by atoms with Crippen LogP contribution in [0.25, 0.3) is 0 Å². The van der Waals surface area contributed by atoms with E-state index in [0.717, 1.165) is 20.8 Å². The first-order valence-electron chi connectivity index (χ1n) is 4.67. The van der Waals surface area contributed by atoms with Crippen molar-refractivity contribution >= 4 is 23.1 Å². The first-order chi connectivity index (χ1) is 7.69. The van der Waals surface area contributed by atoms with E-state index in [1.165, 1.54) is 11.8 Å². The molecule has 0 saturated heterocycles. The van der Waals surface area contributed by atoms with E-state index in [1.54, 1.807) is 17.4 Å². The molecule has 0 bridgehead atoms. The lowest BCUT2D eigenvalue weighted by molar-refractivity contribution is 1.04. The standard InChI is InChI=1S/C11H9N3S2/c1-7-3-4-9(5-12)10(13-7)16-11-14-8(2)6-15-11/h3-4,6H,1-2H3. The molecule has 5 heteroatoms. The van der Waals surface area contributed by atoms with E-state index in [9.17, 15) is 0 Å². The zero-order valence-electron chi connectivity index (χ0n) is 8.89. The monoisotopic (exact) mass is 247 g/mol. The Morgan fingerprint density at radius 3 is 2.69 bits per heavy atom. The number of pyridine rings is 1. The molecular weight excluding hydrogens is 238 g/mol. The Morgan fingerprint density at radius 2 is 2.06 bits per heavy atom. The minimum atomic E-state index is 0.600. The summed E-state index contributed by atoms with van der Waals surface area (Å²) < 4.78 is 0.923. The van der Waals surface area contributed by atoms with Crippen LogP contribution in [-0.4, -0.2) is 9.97 Å². The van der Waals surface area contributed by atoms with Crippen LogP contribution >= 0.6 is 23.1 Å². The van der Waals surface area contributed by atoms with E-state index in [1.807, 2.05) is 25.3 Å². The SMILES string of the molecule is Cc1csc(Sc2nc(C)ccc2C#N)n1. The van der Waals surface area contributed by atoms with Gasteiger partial charge in [0, 0.05) is 16.8 Å². The van der Waals surface area contributed by atoms with Crippen molar-refractivity contribution < 1.29 is 0 Å². The van der Waals surface area contributed by atoms with Crippen LogP contribution < -0.4 is 0 Å². The van der Waals surface area contributed by atoms with E-state index in [4.69, 9.17) is 5.26 Å². The molecule has 0 N–H and O–H groups in total. The molecule has 0 fully saturated rings. The van der Waals surface area contributed by atoms with Crippen molar-refractivity contribution in [1.29, 1.82) is 5.26 Å². The molecule has 0 aliphatic heterocycles. The van der Waals surface area contributed by atoms with Crippen LogP contribution in [0.5, 0.6) is 0 Å². The van der Waals surface area contributed by atoms with Crippen LogP contribution in [0.3, 0.4) is 0 Å². The summed E-state index contributed by atoms with van der Waals surface area (Å²) >= 11 is 3.02. The number of thiazole rings is 1. The van der Waals surface area contributed by atoms with E-state index in [0.29, 0.717) is 5.56 Å². The highest BCUT2D eigenvalue weighted by Crippen LogP contribution is 2.31. The largest absolute Gasteiger partial charge is 0.245 e. The Labute approximate surface area is 102 Å². The molecule has 0 spiro atoms. The average Bonchev–Trinajstić information content (AvgIpc) is 2.64. The highest BCUT2D eigenvalue weighted by Gasteiger charge is 2.08. The number of hydrogen-bond donors (Lipinski definition) is 0. The Bertz CT molecular complexity index is 555. The molecule has 0 amide bonds. The summed E-state index contributed by atoms with van der Waals surface area (Å²) in [6, 6.07) is 5.78. The lowest BCUT2D eigenvalue weighted by Crippen LogP contribution is -1.89. The zero-order chi connectivity index (χ0) is 11.5. The maximum atomic E-state index is 8.97. The molecule has 0 unspecified atom stereocenters. The van der Waals surface area contributed by atoms with Crippen molar-refractivity contribution in [2.24, 2.45) is 0 Å². The molecule has 3 nitrogen and oxygen atoms in total. The van der Waals surface area contributed by atoms with Gasteiger partial charge in [0.15, 0.2) is 4.34 Å². The molecule has 0 aliphatic carbocycles. The fraction of sp³-hybridized carbons (Fsp3) is 0.182. The summed E-state index contributed by atoms with van der Waals surface area (Å²) in [5, 5.41) is 11.7. The Balaban J connectivity index is 2.34. The first-order valence-corrected chi connectivity index (χ1v) is 6.36. The predicted molar refractivity (Wildman–Crippen MR) is 64.7 cm³/mol. The summed E-state index contributed by atoms with van der Waals surface area (Å²) in [5.74, 6) is 0. The van der Waals surface area contributed by atoms with Gasteiger partial charge in [-0.05, 0) is 37.7 Å². The molecule has 0 saturated carbocycles. The minimum absolute atomic E-state index is 0.600. The molecule has 0 atom stereocenters. The van der Waals surface area contributed by atoms with Gasteiger partial charge in [-0.2, -0.15) is 5.26 Å². The second-order valence-electron chi connectivity index (χ2n) is 3.27. The number of nitriles is 1. The minimum Gasteiger partial charge on any atom is -0.245 e. The smallest absolute Gasteiger partial charge is 0.156 e. The predicted octanol–water partition coefficient (Wildman–Crippen LogP) is 3.18. The van der Waals surface area contributed by atoms with Crippen LogP contribution in [0.2, 0.25) is 0 Å². The lowest BCUT2D eigenvalue weighted by atomic mass is 10.3. The molecule has 2 rings (SSSR count). The van der Waals surface area contributed by atoms with Crippen molar-refractivity contribution in [2.75, 3.05) is 0 Å². The van der Waals surface area contributed by atoms with Gasteiger partial charge >= 0.3 is 0 Å². The molecule has 2 aromatic heterocycles. The van der Waals surface area contributed by atoms with Crippen LogP contribution in [0.4, 0.5) is 0 Å². The highest BCUT2D eigenvalue weighted by molar-refractivity contribution is 8.01. The molecule has 2 heterocycles. The molecule has 16 heavy (non-hydrogen) atoms. The second-order valence-corrected chi connectivity index (χ2v) is 5.37. The van der Waals surface area contributed by atoms with Crippen LogP contribution in [0.1, 0.15) is 17.0 Å². The number of aryl methyl sites for hydroxylation is 2. The van der Waals surface area contributed by atoms with Crippen molar-refractivity contribution in [3.05, 3.63) is 34.5 Å². The van der Waals surface area contributed by atoms with Crippen molar-refractivity contribution in [3.8, 4) is 6.07 Å². The van der Waals surface area contributed by atoms with Gasteiger partial charge in [0.25, 0.3) is 0 Å². The molecule has 80 valence electrons. The average molecular weight is 247 g/mol. The number of hydrogen-bond acceptors (Lipinski definition) is 5. The number of nitrogens with zero attached hydrogens (tertiary/aromatic N) is 3. The fourth-order valence-electron chi connectivity index (χ4n) is 1.16. The summed E-state index contributed by atoms with van der Waals surface area (Å²) in [6.07, 6.45) is 0. The molecular formula is C11H9N3S2. The molecule has 0 aromatic carbocycles. The summed E-state index contributed by atoms with van der Waals surface area (Å²) in [6.45, 7) is 3.87. The molecule has 0 aliphatic rings. The van der Waals surface area contributed by atoms with Gasteiger partial charge in [-0.25, -0.2) is 9.97 Å². The van der Waals surface area contributed by atoms with Crippen LogP contribution in [0.15, 0.2) is 26.9 Å². The summed E-state index contributed by atoms with van der Waals surface area (Å²) in [5.41, 5.74) is 2.51. The van der Waals surface area contributed by atoms with E-state index < -0.39 is 0 Å². The van der Waals surface area contributed by atoms with Gasteiger partial charge in [0.05, 0.1) is 5.56 Å². The maximum absolute atomic E-state index is 8.97. The van der Waals surface area contributed by atoms with Crippen LogP contribution in [0, 0.1) is 25.2 Å². The lowest BCUT2D eigenvalue weighted by Gasteiger charge is -2.00. The van der Waals surface area contributed by atoms with Crippen molar-refractivity contribution in [2.45, 2.75) is 23.2 Å². The normalized spacial score (nSPS) is 10.1. The summed E-state index contributed by atoms with van der Waals surface area (Å²) in [4.78, 5) is 8.70. The van der Waals surface area contributed by atoms with Crippen molar-refractivity contribution in [1.82, 2.24) is 9.97 Å². The van der Waals surface area contributed by atoms with Gasteiger partial charge < -0.3 is 0 Å². The number of rotatable bonds is 2. The topological polar surface area (TPSA) is 49.6 Å². The number of aromatic nitrogens is 2. The van der Waals surface area contributed by atoms with Crippen molar-refractivity contribution in [3.63, 3.8) is 0 Å². The molecule has 0 radical (unpaired) electrons. The van der Waals surface area contributed by atoms with Gasteiger partial charge in [-0.1, -0.05) is 0 Å². The van der Waals surface area contributed by atoms with Gasteiger partial charge in [-0.15, -0.1) is 11.3 Å². The van der Waals surface area contributed by atoms with Crippen LogP contribution in [-0.2, 0) is 0 Å². The third-order valence-electron chi connectivity index (χ3n) is 1.90. The maximum Gasteiger partial charge on any atom is 0.156 e. The van der Waals surface area contributed by atoms with E-state index >= 15 is 0 Å². The van der Waals surface area contributed by atoms with Gasteiger partial charge in [0.2, 0.25) is 0 Å². The Morgan fingerprint density at radius 1 is 1.25 bits per heavy atom. The summed E-state index contributed by atoms with van der Waals surface area (Å²) in [7, 11) is 0. The van der Waals surface area contributed by atoms with E-state index in [-0.39, 0.29) is 0 Å². The highest BCUT2D eigenvalue weighted by atomic mass is 32.2. The quantitative estimate of drug-likeness (QED) is 0.817. The molecule has 2 aromatic rings. The second kappa shape index (κ2) is 4.64. The van der Waals surface area contributed by atoms with E-state index in [2.05, 4.69) is 16.0 Å². The third kappa shape index (κ3) is 2.40. The zero-order valence-corrected chi connectivity index (χ0v) is 10.5. The Kier molecular flexibility index (Phi) is 3.22. The first kappa shape index (κ1) is 11.1.